The Kier molecular flexibility index (Phi) is 5.60. The molecule has 0 bridgehead atoms. The second kappa shape index (κ2) is 8.26. The van der Waals surface area contributed by atoms with Crippen molar-refractivity contribution in [2.45, 2.75) is 6.54 Å². The molecule has 6 nitrogen and oxygen atoms in total. The second-order valence-electron chi connectivity index (χ2n) is 5.46. The summed E-state index contributed by atoms with van der Waals surface area (Å²) in [6.45, 7) is 0.481. The van der Waals surface area contributed by atoms with Crippen LogP contribution in [0.25, 0.3) is 10.1 Å². The Morgan fingerprint density at radius 3 is 2.73 bits per heavy atom. The summed E-state index contributed by atoms with van der Waals surface area (Å²) >= 11 is 1.65. The van der Waals surface area contributed by atoms with Crippen molar-refractivity contribution in [2.75, 3.05) is 7.11 Å². The number of methoxy groups -OCH3 is 1. The van der Waals surface area contributed by atoms with Crippen LogP contribution in [0.1, 0.15) is 20.8 Å². The number of nitrogens with one attached hydrogen (secondary N) is 1. The molecule has 0 atom stereocenters. The van der Waals surface area contributed by atoms with E-state index in [-0.39, 0.29) is 11.9 Å². The Morgan fingerprint density at radius 1 is 1.23 bits per heavy atom. The maximum absolute atomic E-state index is 11.4. The normalized spacial score (nSPS) is 11.8. The first kappa shape index (κ1) is 17.6. The van der Waals surface area contributed by atoms with Crippen LogP contribution in [0.4, 0.5) is 0 Å². The zero-order valence-electron chi connectivity index (χ0n) is 14.2. The highest BCUT2D eigenvalue weighted by molar-refractivity contribution is 7.20. The molecule has 0 amide bonds. The van der Waals surface area contributed by atoms with E-state index in [9.17, 15) is 4.79 Å². The minimum Gasteiger partial charge on any atom is -0.465 e. The molecule has 0 radical (unpaired) electrons. The molecule has 0 fully saturated rings. The van der Waals surface area contributed by atoms with Gasteiger partial charge in [-0.25, -0.2) is 4.79 Å². The number of guanidine groups is 1. The van der Waals surface area contributed by atoms with Gasteiger partial charge in [-0.05, 0) is 35.2 Å². The number of thiophene rings is 1. The number of carbonyl (C=O) groups is 1. The molecule has 26 heavy (non-hydrogen) atoms. The molecule has 0 aliphatic carbocycles. The fourth-order valence-corrected chi connectivity index (χ4v) is 3.25. The summed E-state index contributed by atoms with van der Waals surface area (Å²) < 4.78 is 5.87. The average molecular weight is 366 g/mol. The number of hydrogen-bond donors (Lipinski definition) is 2. The summed E-state index contributed by atoms with van der Waals surface area (Å²) in [4.78, 5) is 12.4. The van der Waals surface area contributed by atoms with E-state index < -0.39 is 0 Å². The number of esters is 1. The lowest BCUT2D eigenvalue weighted by molar-refractivity contribution is 0.0600. The van der Waals surface area contributed by atoms with Gasteiger partial charge in [-0.3, -0.25) is 0 Å². The minimum atomic E-state index is -0.360. The molecular formula is C19H18N4O2S. The lowest BCUT2D eigenvalue weighted by Crippen LogP contribution is -2.30. The highest BCUT2D eigenvalue weighted by atomic mass is 32.1. The number of nitrogens with zero attached hydrogens (tertiary/aromatic N) is 2. The topological polar surface area (TPSA) is 89.1 Å². The molecule has 0 saturated heterocycles. The van der Waals surface area contributed by atoms with E-state index in [0.717, 1.165) is 10.4 Å². The van der Waals surface area contributed by atoms with Crippen LogP contribution in [0.3, 0.4) is 0 Å². The van der Waals surface area contributed by atoms with Crippen molar-refractivity contribution in [3.63, 3.8) is 0 Å². The number of ether oxygens (including phenoxy) is 1. The number of fused-ring (bicyclic) bond motifs is 1. The zero-order chi connectivity index (χ0) is 18.4. The first-order chi connectivity index (χ1) is 12.7. The molecule has 3 rings (SSSR count). The number of hydrogen-bond acceptors (Lipinski definition) is 5. The van der Waals surface area contributed by atoms with Gasteiger partial charge in [0.2, 0.25) is 5.96 Å². The maximum atomic E-state index is 11.4. The van der Waals surface area contributed by atoms with Gasteiger partial charge in [0.25, 0.3) is 0 Å². The predicted octanol–water partition coefficient (Wildman–Crippen LogP) is 3.13. The van der Waals surface area contributed by atoms with E-state index in [1.165, 1.54) is 17.2 Å². The van der Waals surface area contributed by atoms with Crippen molar-refractivity contribution in [3.8, 4) is 0 Å². The van der Waals surface area contributed by atoms with Crippen LogP contribution in [-0.4, -0.2) is 25.3 Å². The van der Waals surface area contributed by atoms with E-state index in [0.29, 0.717) is 12.1 Å². The van der Waals surface area contributed by atoms with Crippen LogP contribution in [0.15, 0.2) is 64.8 Å². The first-order valence-electron chi connectivity index (χ1n) is 7.92. The van der Waals surface area contributed by atoms with Crippen molar-refractivity contribution < 1.29 is 9.53 Å². The third-order valence-electron chi connectivity index (χ3n) is 3.64. The van der Waals surface area contributed by atoms with Gasteiger partial charge in [-0.2, -0.15) is 5.10 Å². The number of benzene rings is 2. The third kappa shape index (κ3) is 4.46. The van der Waals surface area contributed by atoms with Crippen LogP contribution >= 0.6 is 11.3 Å². The highest BCUT2D eigenvalue weighted by Crippen LogP contribution is 2.23. The van der Waals surface area contributed by atoms with Gasteiger partial charge in [0.05, 0.1) is 18.9 Å². The fraction of sp³-hybridized carbons (Fsp3) is 0.105. The lowest BCUT2D eigenvalue weighted by Gasteiger charge is -2.05. The molecule has 0 aliphatic heterocycles. The minimum absolute atomic E-state index is 0.222. The summed E-state index contributed by atoms with van der Waals surface area (Å²) in [7, 11) is 1.36. The molecule has 2 aromatic carbocycles. The lowest BCUT2D eigenvalue weighted by atomic mass is 10.1. The van der Waals surface area contributed by atoms with Gasteiger partial charge >= 0.3 is 5.97 Å². The Hall–Kier alpha value is -3.19. The molecule has 1 aromatic heterocycles. The third-order valence-corrected chi connectivity index (χ3v) is 4.69. The molecule has 3 N–H and O–H groups in total. The predicted molar refractivity (Wildman–Crippen MR) is 106 cm³/mol. The van der Waals surface area contributed by atoms with Crippen LogP contribution in [0.5, 0.6) is 0 Å². The van der Waals surface area contributed by atoms with E-state index in [2.05, 4.69) is 38.5 Å². The summed E-state index contributed by atoms with van der Waals surface area (Å²) in [5.74, 6) is -0.138. The number of rotatable bonds is 5. The molecule has 0 aliphatic rings. The van der Waals surface area contributed by atoms with Gasteiger partial charge < -0.3 is 15.8 Å². The van der Waals surface area contributed by atoms with Crippen molar-refractivity contribution in [1.29, 1.82) is 0 Å². The largest absolute Gasteiger partial charge is 0.465 e. The van der Waals surface area contributed by atoms with Gasteiger partial charge in [-0.1, -0.05) is 30.3 Å². The summed E-state index contributed by atoms with van der Waals surface area (Å²) in [5, 5.41) is 12.1. The number of carbonyl (C=O) groups excluding carboxylic acids is 1. The summed E-state index contributed by atoms with van der Waals surface area (Å²) in [5.41, 5.74) is 7.28. The Bertz CT molecular complexity index is 928. The van der Waals surface area contributed by atoms with Gasteiger partial charge in [0.1, 0.15) is 0 Å². The van der Waals surface area contributed by atoms with E-state index >= 15 is 0 Å². The molecular weight excluding hydrogens is 348 g/mol. The number of nitrogens with two attached hydrogens (primary N) is 1. The standard InChI is InChI=1S/C19H18N4O2S/c1-25-18(24)14-8-6-13(7-9-14)11-21-19(20)23-22-12-16-10-15-4-2-3-5-17(15)26-16/h2-10,12H,11H2,1H3,(H3,20,21,23). The van der Waals surface area contributed by atoms with Crippen LogP contribution in [0.2, 0.25) is 0 Å². The van der Waals surface area contributed by atoms with E-state index in [1.54, 1.807) is 29.7 Å². The summed E-state index contributed by atoms with van der Waals surface area (Å²) in [6, 6.07) is 17.3. The Labute approximate surface area is 155 Å². The van der Waals surface area contributed by atoms with Crippen LogP contribution in [-0.2, 0) is 11.3 Å². The van der Waals surface area contributed by atoms with E-state index in [4.69, 9.17) is 5.73 Å². The van der Waals surface area contributed by atoms with Gasteiger partial charge in [0.15, 0.2) is 0 Å². The molecule has 0 saturated carbocycles. The molecule has 0 spiro atoms. The van der Waals surface area contributed by atoms with Crippen molar-refractivity contribution in [1.82, 2.24) is 5.32 Å². The van der Waals surface area contributed by atoms with Crippen LogP contribution in [0, 0.1) is 0 Å². The molecule has 132 valence electrons. The Morgan fingerprint density at radius 2 is 2.00 bits per heavy atom. The molecule has 1 heterocycles. The monoisotopic (exact) mass is 366 g/mol. The second-order valence-corrected chi connectivity index (χ2v) is 6.57. The molecule has 0 unspecified atom stereocenters. The van der Waals surface area contributed by atoms with Gasteiger partial charge in [0, 0.05) is 16.1 Å². The van der Waals surface area contributed by atoms with E-state index in [1.807, 2.05) is 24.3 Å². The zero-order valence-corrected chi connectivity index (χ0v) is 15.0. The van der Waals surface area contributed by atoms with Crippen molar-refractivity contribution in [2.24, 2.45) is 15.9 Å². The summed E-state index contributed by atoms with van der Waals surface area (Å²) in [6.07, 6.45) is 1.68. The average Bonchev–Trinajstić information content (AvgIpc) is 3.09. The van der Waals surface area contributed by atoms with Crippen LogP contribution < -0.4 is 11.1 Å². The first-order valence-corrected chi connectivity index (χ1v) is 8.73. The van der Waals surface area contributed by atoms with Gasteiger partial charge in [-0.15, -0.1) is 16.4 Å². The maximum Gasteiger partial charge on any atom is 0.337 e. The highest BCUT2D eigenvalue weighted by Gasteiger charge is 2.04. The smallest absolute Gasteiger partial charge is 0.337 e. The quantitative estimate of drug-likeness (QED) is 0.314. The van der Waals surface area contributed by atoms with Crippen molar-refractivity contribution in [3.05, 3.63) is 70.6 Å². The fourth-order valence-electron chi connectivity index (χ4n) is 2.32. The SMILES string of the molecule is COC(=O)c1ccc(CNC(N)=NN=Cc2cc3ccccc3s2)cc1. The molecule has 7 heteroatoms. The van der Waals surface area contributed by atoms with Crippen molar-refractivity contribution >= 4 is 39.6 Å². The Balaban J connectivity index is 1.55. The molecule has 3 aromatic rings.